The molecule has 0 spiro atoms. The standard InChI is InChI=1S/C13H20N2O/c1-2-5-13(16)15-9-4-6-11(10-15)12-7-3-8-14-12/h1,11-12,14H,3-10H2. The first-order valence-corrected chi connectivity index (χ1v) is 6.26. The summed E-state index contributed by atoms with van der Waals surface area (Å²) in [5.74, 6) is 3.21. The van der Waals surface area contributed by atoms with Crippen LogP contribution >= 0.6 is 0 Å². The number of piperidine rings is 1. The number of likely N-dealkylation sites (tertiary alicyclic amines) is 1. The normalized spacial score (nSPS) is 30.1. The maximum Gasteiger partial charge on any atom is 0.234 e. The zero-order valence-electron chi connectivity index (χ0n) is 9.74. The fraction of sp³-hybridized carbons (Fsp3) is 0.769. The third-order valence-corrected chi connectivity index (χ3v) is 3.73. The number of terminal acetylenes is 1. The van der Waals surface area contributed by atoms with Crippen LogP contribution in [0.2, 0.25) is 0 Å². The van der Waals surface area contributed by atoms with E-state index < -0.39 is 0 Å². The zero-order chi connectivity index (χ0) is 11.4. The van der Waals surface area contributed by atoms with E-state index in [2.05, 4.69) is 11.2 Å². The number of nitrogens with one attached hydrogen (secondary N) is 1. The number of carbonyl (C=O) groups excluding carboxylic acids is 1. The Morgan fingerprint density at radius 2 is 2.31 bits per heavy atom. The minimum absolute atomic E-state index is 0.130. The number of hydrogen-bond acceptors (Lipinski definition) is 2. The van der Waals surface area contributed by atoms with E-state index in [1.807, 2.05) is 4.90 Å². The maximum atomic E-state index is 11.7. The lowest BCUT2D eigenvalue weighted by molar-refractivity contribution is -0.132. The molecular formula is C13H20N2O. The highest BCUT2D eigenvalue weighted by Crippen LogP contribution is 2.24. The van der Waals surface area contributed by atoms with Gasteiger partial charge in [0, 0.05) is 19.1 Å². The average molecular weight is 220 g/mol. The summed E-state index contributed by atoms with van der Waals surface area (Å²) in [7, 11) is 0. The predicted molar refractivity (Wildman–Crippen MR) is 63.8 cm³/mol. The number of nitrogens with zero attached hydrogens (tertiary/aromatic N) is 1. The molecule has 0 aliphatic carbocycles. The first kappa shape index (κ1) is 11.5. The van der Waals surface area contributed by atoms with Crippen LogP contribution in [0.3, 0.4) is 0 Å². The summed E-state index contributed by atoms with van der Waals surface area (Å²) in [4.78, 5) is 13.7. The molecule has 3 nitrogen and oxygen atoms in total. The summed E-state index contributed by atoms with van der Waals surface area (Å²) in [6, 6.07) is 0.626. The topological polar surface area (TPSA) is 32.3 Å². The van der Waals surface area contributed by atoms with E-state index in [9.17, 15) is 4.79 Å². The van der Waals surface area contributed by atoms with Crippen LogP contribution in [0.1, 0.15) is 32.1 Å². The molecule has 2 rings (SSSR count). The summed E-state index contributed by atoms with van der Waals surface area (Å²) in [6.07, 6.45) is 10.4. The molecule has 3 heteroatoms. The Hall–Kier alpha value is -1.01. The molecule has 1 amide bonds. The van der Waals surface area contributed by atoms with Crippen molar-refractivity contribution in [2.24, 2.45) is 5.92 Å². The minimum Gasteiger partial charge on any atom is -0.342 e. The molecule has 0 bridgehead atoms. The average Bonchev–Trinajstić information content (AvgIpc) is 2.83. The maximum absolute atomic E-state index is 11.7. The van der Waals surface area contributed by atoms with Gasteiger partial charge in [0.25, 0.3) is 0 Å². The fourth-order valence-electron chi connectivity index (χ4n) is 2.88. The van der Waals surface area contributed by atoms with Crippen LogP contribution in [0.5, 0.6) is 0 Å². The fourth-order valence-corrected chi connectivity index (χ4v) is 2.88. The Bertz CT molecular complexity index is 289. The molecule has 1 N–H and O–H groups in total. The van der Waals surface area contributed by atoms with E-state index in [4.69, 9.17) is 6.42 Å². The van der Waals surface area contributed by atoms with Gasteiger partial charge in [-0.15, -0.1) is 6.42 Å². The first-order chi connectivity index (χ1) is 7.81. The molecule has 2 saturated heterocycles. The van der Waals surface area contributed by atoms with Gasteiger partial charge in [-0.3, -0.25) is 4.79 Å². The number of rotatable bonds is 2. The number of hydrogen-bond donors (Lipinski definition) is 1. The summed E-state index contributed by atoms with van der Waals surface area (Å²) in [6.45, 7) is 2.93. The lowest BCUT2D eigenvalue weighted by Gasteiger charge is -2.35. The van der Waals surface area contributed by atoms with Gasteiger partial charge in [0.1, 0.15) is 0 Å². The first-order valence-electron chi connectivity index (χ1n) is 6.26. The second-order valence-electron chi connectivity index (χ2n) is 4.83. The molecule has 2 aliphatic rings. The zero-order valence-corrected chi connectivity index (χ0v) is 9.74. The molecule has 2 atom stereocenters. The van der Waals surface area contributed by atoms with Crippen molar-refractivity contribution in [3.63, 3.8) is 0 Å². The van der Waals surface area contributed by atoms with E-state index in [1.165, 1.54) is 19.3 Å². The van der Waals surface area contributed by atoms with Crippen molar-refractivity contribution < 1.29 is 4.79 Å². The summed E-state index contributed by atoms with van der Waals surface area (Å²) < 4.78 is 0. The van der Waals surface area contributed by atoms with Gasteiger partial charge in [-0.25, -0.2) is 0 Å². The molecule has 0 radical (unpaired) electrons. The molecule has 2 unspecified atom stereocenters. The van der Waals surface area contributed by atoms with E-state index >= 15 is 0 Å². The number of carbonyl (C=O) groups is 1. The van der Waals surface area contributed by atoms with E-state index in [0.29, 0.717) is 12.0 Å². The van der Waals surface area contributed by atoms with Crippen molar-refractivity contribution in [3.8, 4) is 12.3 Å². The monoisotopic (exact) mass is 220 g/mol. The SMILES string of the molecule is C#CCC(=O)N1CCCC(C2CCCN2)C1. The van der Waals surface area contributed by atoms with Gasteiger partial charge in [-0.2, -0.15) is 0 Å². The van der Waals surface area contributed by atoms with Crippen LogP contribution in [0.25, 0.3) is 0 Å². The summed E-state index contributed by atoms with van der Waals surface area (Å²) in [5, 5.41) is 3.54. The Labute approximate surface area is 97.6 Å². The van der Waals surface area contributed by atoms with Crippen LogP contribution in [0, 0.1) is 18.3 Å². The van der Waals surface area contributed by atoms with Gasteiger partial charge in [0.2, 0.25) is 5.91 Å². The van der Waals surface area contributed by atoms with E-state index in [-0.39, 0.29) is 12.3 Å². The van der Waals surface area contributed by atoms with Gasteiger partial charge < -0.3 is 10.2 Å². The second kappa shape index (κ2) is 5.36. The lowest BCUT2D eigenvalue weighted by atomic mass is 9.89. The lowest BCUT2D eigenvalue weighted by Crippen LogP contribution is -2.45. The Balaban J connectivity index is 1.88. The molecule has 2 heterocycles. The van der Waals surface area contributed by atoms with Crippen molar-refractivity contribution in [2.45, 2.75) is 38.1 Å². The van der Waals surface area contributed by atoms with Gasteiger partial charge in [-0.1, -0.05) is 5.92 Å². The Morgan fingerprint density at radius 1 is 1.44 bits per heavy atom. The Kier molecular flexibility index (Phi) is 3.84. The highest BCUT2D eigenvalue weighted by atomic mass is 16.2. The molecule has 0 saturated carbocycles. The van der Waals surface area contributed by atoms with Gasteiger partial charge in [0.05, 0.1) is 6.42 Å². The van der Waals surface area contributed by atoms with Crippen LogP contribution in [-0.2, 0) is 4.79 Å². The van der Waals surface area contributed by atoms with Crippen LogP contribution < -0.4 is 5.32 Å². The van der Waals surface area contributed by atoms with Crippen molar-refractivity contribution in [3.05, 3.63) is 0 Å². The predicted octanol–water partition coefficient (Wildman–Crippen LogP) is 1.00. The molecule has 0 aromatic heterocycles. The second-order valence-corrected chi connectivity index (χ2v) is 4.83. The van der Waals surface area contributed by atoms with Crippen LogP contribution in [0.4, 0.5) is 0 Å². The molecular weight excluding hydrogens is 200 g/mol. The van der Waals surface area contributed by atoms with Gasteiger partial charge >= 0.3 is 0 Å². The summed E-state index contributed by atoms with van der Waals surface area (Å²) in [5.41, 5.74) is 0. The highest BCUT2D eigenvalue weighted by molar-refractivity contribution is 5.78. The minimum atomic E-state index is 0.130. The van der Waals surface area contributed by atoms with Gasteiger partial charge in [0.15, 0.2) is 0 Å². The largest absolute Gasteiger partial charge is 0.342 e. The third kappa shape index (κ3) is 2.56. The molecule has 2 aliphatic heterocycles. The molecule has 0 aromatic carbocycles. The van der Waals surface area contributed by atoms with E-state index in [0.717, 1.165) is 26.1 Å². The third-order valence-electron chi connectivity index (χ3n) is 3.73. The van der Waals surface area contributed by atoms with Crippen molar-refractivity contribution >= 4 is 5.91 Å². The van der Waals surface area contributed by atoms with Crippen LogP contribution in [0.15, 0.2) is 0 Å². The quantitative estimate of drug-likeness (QED) is 0.704. The van der Waals surface area contributed by atoms with Crippen LogP contribution in [-0.4, -0.2) is 36.5 Å². The van der Waals surface area contributed by atoms with Crippen molar-refractivity contribution in [2.75, 3.05) is 19.6 Å². The van der Waals surface area contributed by atoms with Crippen molar-refractivity contribution in [1.82, 2.24) is 10.2 Å². The number of amides is 1. The Morgan fingerprint density at radius 3 is 3.00 bits per heavy atom. The van der Waals surface area contributed by atoms with E-state index in [1.54, 1.807) is 0 Å². The van der Waals surface area contributed by atoms with Crippen molar-refractivity contribution in [1.29, 1.82) is 0 Å². The molecule has 88 valence electrons. The van der Waals surface area contributed by atoms with Gasteiger partial charge in [-0.05, 0) is 38.1 Å². The smallest absolute Gasteiger partial charge is 0.234 e. The molecule has 0 aromatic rings. The summed E-state index contributed by atoms with van der Waals surface area (Å²) >= 11 is 0. The molecule has 16 heavy (non-hydrogen) atoms. The highest BCUT2D eigenvalue weighted by Gasteiger charge is 2.30. The molecule has 2 fully saturated rings.